The topological polar surface area (TPSA) is 37.0 Å². The number of aromatic nitrogens is 1. The molecule has 1 aliphatic rings. The molecule has 2 rings (SSSR count). The molecule has 0 saturated heterocycles. The van der Waals surface area contributed by atoms with Crippen molar-refractivity contribution in [2.24, 2.45) is 0 Å². The maximum Gasteiger partial charge on any atom is 0.153 e. The molecule has 0 spiro atoms. The van der Waals surface area contributed by atoms with Crippen molar-refractivity contribution in [1.29, 1.82) is 0 Å². The van der Waals surface area contributed by atoms with Gasteiger partial charge in [-0.05, 0) is 12.1 Å². The molecule has 2 heterocycles. The molecule has 0 unspecified atom stereocenters. The Morgan fingerprint density at radius 3 is 3.00 bits per heavy atom. The van der Waals surface area contributed by atoms with Crippen molar-refractivity contribution in [2.45, 2.75) is 0 Å². The molecule has 0 fully saturated rings. The highest BCUT2D eigenvalue weighted by Crippen LogP contribution is 2.19. The summed E-state index contributed by atoms with van der Waals surface area (Å²) in [7, 11) is 0. The number of hydrogen-bond donors (Lipinski definition) is 2. The molecule has 1 aromatic rings. The zero-order valence-electron chi connectivity index (χ0n) is 5.33. The number of pyridine rings is 1. The summed E-state index contributed by atoms with van der Waals surface area (Å²) >= 11 is 0. The summed E-state index contributed by atoms with van der Waals surface area (Å²) in [6.45, 7) is 0. The molecule has 0 aliphatic carbocycles. The first-order valence-corrected chi connectivity index (χ1v) is 3.10. The van der Waals surface area contributed by atoms with Crippen LogP contribution in [-0.4, -0.2) is 4.98 Å². The van der Waals surface area contributed by atoms with Crippen LogP contribution in [-0.2, 0) is 0 Å². The Balaban J connectivity index is 2.47. The minimum Gasteiger partial charge on any atom is -0.357 e. The van der Waals surface area contributed by atoms with E-state index in [2.05, 4.69) is 15.6 Å². The standard InChI is InChI=1S/C7H7N3/c1-2-6-7(9-3-1)10-5-4-8-6/h1-5,8H,(H,9,10). The van der Waals surface area contributed by atoms with Gasteiger partial charge in [0.2, 0.25) is 0 Å². The van der Waals surface area contributed by atoms with Gasteiger partial charge in [-0.2, -0.15) is 0 Å². The average Bonchev–Trinajstić information content (AvgIpc) is 2.05. The molecular weight excluding hydrogens is 126 g/mol. The molecule has 0 aromatic carbocycles. The van der Waals surface area contributed by atoms with Crippen molar-refractivity contribution in [2.75, 3.05) is 10.6 Å². The van der Waals surface area contributed by atoms with Crippen molar-refractivity contribution < 1.29 is 0 Å². The first-order chi connectivity index (χ1) is 4.97. The molecule has 0 bridgehead atoms. The predicted molar refractivity (Wildman–Crippen MR) is 40.6 cm³/mol. The van der Waals surface area contributed by atoms with Crippen LogP contribution in [0.2, 0.25) is 0 Å². The minimum atomic E-state index is 0.880. The second-order valence-corrected chi connectivity index (χ2v) is 2.02. The van der Waals surface area contributed by atoms with E-state index in [1.807, 2.05) is 24.5 Å². The van der Waals surface area contributed by atoms with Crippen molar-refractivity contribution in [3.63, 3.8) is 0 Å². The van der Waals surface area contributed by atoms with Gasteiger partial charge < -0.3 is 10.6 Å². The van der Waals surface area contributed by atoms with Gasteiger partial charge in [0.25, 0.3) is 0 Å². The SMILES string of the molecule is C1=CNc2ncccc2N1. The van der Waals surface area contributed by atoms with Crippen molar-refractivity contribution in [3.05, 3.63) is 30.7 Å². The summed E-state index contributed by atoms with van der Waals surface area (Å²) < 4.78 is 0. The fraction of sp³-hybridized carbons (Fsp3) is 0. The summed E-state index contributed by atoms with van der Waals surface area (Å²) in [6.07, 6.45) is 5.41. The molecular formula is C7H7N3. The number of nitrogens with zero attached hydrogens (tertiary/aromatic N) is 1. The van der Waals surface area contributed by atoms with Crippen LogP contribution in [0.15, 0.2) is 30.7 Å². The van der Waals surface area contributed by atoms with Gasteiger partial charge in [-0.3, -0.25) is 0 Å². The first-order valence-electron chi connectivity index (χ1n) is 3.10. The third kappa shape index (κ3) is 0.719. The Labute approximate surface area is 58.8 Å². The summed E-state index contributed by atoms with van der Waals surface area (Å²) in [5, 5.41) is 6.07. The molecule has 50 valence electrons. The van der Waals surface area contributed by atoms with E-state index >= 15 is 0 Å². The van der Waals surface area contributed by atoms with Gasteiger partial charge in [0.1, 0.15) is 0 Å². The van der Waals surface area contributed by atoms with E-state index in [1.165, 1.54) is 0 Å². The van der Waals surface area contributed by atoms with Crippen LogP contribution in [0.25, 0.3) is 0 Å². The maximum absolute atomic E-state index is 4.09. The van der Waals surface area contributed by atoms with Gasteiger partial charge in [-0.1, -0.05) is 0 Å². The second kappa shape index (κ2) is 2.02. The monoisotopic (exact) mass is 133 g/mol. The maximum atomic E-state index is 4.09. The Kier molecular flexibility index (Phi) is 1.07. The number of rotatable bonds is 0. The van der Waals surface area contributed by atoms with Crippen LogP contribution in [0.4, 0.5) is 11.5 Å². The summed E-state index contributed by atoms with van der Waals surface area (Å²) in [6, 6.07) is 3.87. The molecule has 0 radical (unpaired) electrons. The fourth-order valence-corrected chi connectivity index (χ4v) is 0.889. The third-order valence-electron chi connectivity index (χ3n) is 1.35. The minimum absolute atomic E-state index is 0.880. The van der Waals surface area contributed by atoms with E-state index in [0.717, 1.165) is 11.5 Å². The van der Waals surface area contributed by atoms with Gasteiger partial charge in [0.05, 0.1) is 5.69 Å². The van der Waals surface area contributed by atoms with Crippen molar-refractivity contribution in [3.8, 4) is 0 Å². The lowest BCUT2D eigenvalue weighted by molar-refractivity contribution is 1.28. The average molecular weight is 133 g/mol. The summed E-state index contributed by atoms with van der Waals surface area (Å²) in [4.78, 5) is 4.09. The summed E-state index contributed by atoms with van der Waals surface area (Å²) in [5.74, 6) is 0.880. The molecule has 0 saturated carbocycles. The number of anilines is 2. The van der Waals surface area contributed by atoms with E-state index < -0.39 is 0 Å². The van der Waals surface area contributed by atoms with Crippen molar-refractivity contribution >= 4 is 11.5 Å². The van der Waals surface area contributed by atoms with E-state index in [1.54, 1.807) is 6.20 Å². The van der Waals surface area contributed by atoms with E-state index in [-0.39, 0.29) is 0 Å². The van der Waals surface area contributed by atoms with Crippen LogP contribution in [0.5, 0.6) is 0 Å². The smallest absolute Gasteiger partial charge is 0.153 e. The van der Waals surface area contributed by atoms with Gasteiger partial charge in [0, 0.05) is 18.6 Å². The molecule has 3 heteroatoms. The predicted octanol–water partition coefficient (Wildman–Crippen LogP) is 1.39. The Bertz CT molecular complexity index is 240. The lowest BCUT2D eigenvalue weighted by Gasteiger charge is -2.11. The summed E-state index contributed by atoms with van der Waals surface area (Å²) in [5.41, 5.74) is 1.02. The normalized spacial score (nSPS) is 13.2. The zero-order valence-corrected chi connectivity index (χ0v) is 5.33. The van der Waals surface area contributed by atoms with Gasteiger partial charge in [-0.25, -0.2) is 4.98 Å². The highest BCUT2D eigenvalue weighted by molar-refractivity contribution is 5.68. The van der Waals surface area contributed by atoms with Crippen LogP contribution in [0.1, 0.15) is 0 Å². The van der Waals surface area contributed by atoms with E-state index in [4.69, 9.17) is 0 Å². The molecule has 0 amide bonds. The highest BCUT2D eigenvalue weighted by atomic mass is 15.1. The fourth-order valence-electron chi connectivity index (χ4n) is 0.889. The largest absolute Gasteiger partial charge is 0.357 e. The molecule has 1 aromatic heterocycles. The number of nitrogens with one attached hydrogen (secondary N) is 2. The first kappa shape index (κ1) is 5.29. The van der Waals surface area contributed by atoms with E-state index in [0.29, 0.717) is 0 Å². The van der Waals surface area contributed by atoms with Gasteiger partial charge in [-0.15, -0.1) is 0 Å². The van der Waals surface area contributed by atoms with Gasteiger partial charge >= 0.3 is 0 Å². The second-order valence-electron chi connectivity index (χ2n) is 2.02. The third-order valence-corrected chi connectivity index (χ3v) is 1.35. The lowest BCUT2D eigenvalue weighted by Crippen LogP contribution is -2.03. The van der Waals surface area contributed by atoms with Crippen molar-refractivity contribution in [1.82, 2.24) is 4.98 Å². The zero-order chi connectivity index (χ0) is 6.81. The Morgan fingerprint density at radius 2 is 2.10 bits per heavy atom. The Morgan fingerprint density at radius 1 is 1.20 bits per heavy atom. The molecule has 0 atom stereocenters. The lowest BCUT2D eigenvalue weighted by atomic mass is 10.3. The van der Waals surface area contributed by atoms with Crippen LogP contribution in [0, 0.1) is 0 Å². The number of fused-ring (bicyclic) bond motifs is 1. The van der Waals surface area contributed by atoms with Crippen LogP contribution >= 0.6 is 0 Å². The molecule has 2 N–H and O–H groups in total. The van der Waals surface area contributed by atoms with Crippen LogP contribution < -0.4 is 10.6 Å². The quantitative estimate of drug-likeness (QED) is 0.561. The van der Waals surface area contributed by atoms with Crippen LogP contribution in [0.3, 0.4) is 0 Å². The van der Waals surface area contributed by atoms with E-state index in [9.17, 15) is 0 Å². The molecule has 10 heavy (non-hydrogen) atoms. The molecule has 1 aliphatic heterocycles. The number of hydrogen-bond acceptors (Lipinski definition) is 3. The van der Waals surface area contributed by atoms with Gasteiger partial charge in [0.15, 0.2) is 5.82 Å². The molecule has 3 nitrogen and oxygen atoms in total. The highest BCUT2D eigenvalue weighted by Gasteiger charge is 2.00. The Hall–Kier alpha value is -1.51.